The van der Waals surface area contributed by atoms with Crippen molar-refractivity contribution < 1.29 is 19.1 Å². The number of nitrogens with zero attached hydrogens (tertiary/aromatic N) is 1. The van der Waals surface area contributed by atoms with Gasteiger partial charge in [0.15, 0.2) is 11.5 Å². The van der Waals surface area contributed by atoms with Crippen molar-refractivity contribution in [2.45, 2.75) is 25.4 Å². The van der Waals surface area contributed by atoms with Crippen molar-refractivity contribution in [3.8, 4) is 11.5 Å². The van der Waals surface area contributed by atoms with Crippen LogP contribution in [-0.4, -0.2) is 56.6 Å². The van der Waals surface area contributed by atoms with E-state index in [1.165, 1.54) is 0 Å². The number of halogens is 1. The maximum Gasteiger partial charge on any atom is 0.237 e. The Kier molecular flexibility index (Phi) is 8.14. The quantitative estimate of drug-likeness (QED) is 0.619. The molecule has 0 spiro atoms. The minimum absolute atomic E-state index is 0.0909. The van der Waals surface area contributed by atoms with E-state index in [0.717, 1.165) is 11.1 Å². The third-order valence-corrected chi connectivity index (χ3v) is 5.54. The number of carbonyl (C=O) groups excluding carboxylic acids is 2. The lowest BCUT2D eigenvalue weighted by Gasteiger charge is -2.35. The lowest BCUT2D eigenvalue weighted by molar-refractivity contribution is -0.134. The summed E-state index contributed by atoms with van der Waals surface area (Å²) in [4.78, 5) is 27.1. The van der Waals surface area contributed by atoms with E-state index < -0.39 is 6.04 Å². The summed E-state index contributed by atoms with van der Waals surface area (Å²) in [6, 6.07) is 12.7. The SMILES string of the molecule is COc1cccc(CN2CCNC(=O)C2CC(=O)NCCc2cccc(Cl)c2)c1OC. The highest BCUT2D eigenvalue weighted by Gasteiger charge is 2.32. The van der Waals surface area contributed by atoms with Crippen LogP contribution in [0.25, 0.3) is 0 Å². The number of para-hydroxylation sites is 1. The third kappa shape index (κ3) is 6.12. The fourth-order valence-corrected chi connectivity index (χ4v) is 3.97. The molecule has 0 radical (unpaired) electrons. The molecule has 2 aromatic rings. The van der Waals surface area contributed by atoms with E-state index >= 15 is 0 Å². The van der Waals surface area contributed by atoms with Crippen LogP contribution >= 0.6 is 11.6 Å². The van der Waals surface area contributed by atoms with Crippen LogP contribution in [0.5, 0.6) is 11.5 Å². The number of rotatable bonds is 9. The van der Waals surface area contributed by atoms with Gasteiger partial charge in [0.1, 0.15) is 0 Å². The summed E-state index contributed by atoms with van der Waals surface area (Å²) in [7, 11) is 3.18. The van der Waals surface area contributed by atoms with Crippen molar-refractivity contribution in [1.82, 2.24) is 15.5 Å². The molecule has 1 unspecified atom stereocenters. The number of ether oxygens (including phenoxy) is 2. The molecule has 1 saturated heterocycles. The standard InChI is InChI=1S/C23H28ClN3O4/c1-30-20-8-4-6-17(22(20)31-2)15-27-12-11-26-23(29)19(27)14-21(28)25-10-9-16-5-3-7-18(24)13-16/h3-8,13,19H,9-12,14-15H2,1-2H3,(H,25,28)(H,26,29). The van der Waals surface area contributed by atoms with E-state index in [1.807, 2.05) is 47.4 Å². The van der Waals surface area contributed by atoms with Crippen molar-refractivity contribution in [3.05, 3.63) is 58.6 Å². The molecule has 0 aromatic heterocycles. The van der Waals surface area contributed by atoms with Gasteiger partial charge in [-0.25, -0.2) is 0 Å². The summed E-state index contributed by atoms with van der Waals surface area (Å²) >= 11 is 6.00. The second-order valence-corrected chi connectivity index (χ2v) is 7.80. The largest absolute Gasteiger partial charge is 0.493 e. The average Bonchev–Trinajstić information content (AvgIpc) is 2.76. The lowest BCUT2D eigenvalue weighted by atomic mass is 10.1. The number of piperazine rings is 1. The summed E-state index contributed by atoms with van der Waals surface area (Å²) in [6.45, 7) is 2.15. The van der Waals surface area contributed by atoms with Gasteiger partial charge in [0, 0.05) is 36.8 Å². The Labute approximate surface area is 187 Å². The second-order valence-electron chi connectivity index (χ2n) is 7.36. The Balaban J connectivity index is 1.61. The molecular formula is C23H28ClN3O4. The minimum Gasteiger partial charge on any atom is -0.493 e. The predicted molar refractivity (Wildman–Crippen MR) is 120 cm³/mol. The molecule has 1 heterocycles. The zero-order valence-electron chi connectivity index (χ0n) is 17.8. The number of benzene rings is 2. The topological polar surface area (TPSA) is 79.9 Å². The highest BCUT2D eigenvalue weighted by atomic mass is 35.5. The summed E-state index contributed by atoms with van der Waals surface area (Å²) in [5.41, 5.74) is 1.96. The van der Waals surface area contributed by atoms with Gasteiger partial charge in [0.25, 0.3) is 0 Å². The molecule has 2 amide bonds. The zero-order chi connectivity index (χ0) is 22.2. The van der Waals surface area contributed by atoms with E-state index in [9.17, 15) is 9.59 Å². The fourth-order valence-electron chi connectivity index (χ4n) is 3.76. The number of nitrogens with one attached hydrogen (secondary N) is 2. The van der Waals surface area contributed by atoms with Crippen molar-refractivity contribution in [2.75, 3.05) is 33.9 Å². The van der Waals surface area contributed by atoms with Gasteiger partial charge < -0.3 is 20.1 Å². The molecular weight excluding hydrogens is 418 g/mol. The molecule has 3 rings (SSSR count). The molecule has 1 aliphatic rings. The van der Waals surface area contributed by atoms with E-state index in [0.29, 0.717) is 49.1 Å². The third-order valence-electron chi connectivity index (χ3n) is 5.30. The maximum absolute atomic E-state index is 12.5. The second kappa shape index (κ2) is 11.0. The first-order chi connectivity index (χ1) is 15.0. The number of amides is 2. The molecule has 2 aromatic carbocycles. The monoisotopic (exact) mass is 445 g/mol. The highest BCUT2D eigenvalue weighted by molar-refractivity contribution is 6.30. The molecule has 7 nitrogen and oxygen atoms in total. The Morgan fingerprint density at radius 2 is 2.03 bits per heavy atom. The molecule has 0 aliphatic carbocycles. The van der Waals surface area contributed by atoms with E-state index in [2.05, 4.69) is 10.6 Å². The van der Waals surface area contributed by atoms with Crippen LogP contribution in [-0.2, 0) is 22.6 Å². The van der Waals surface area contributed by atoms with Crippen LogP contribution in [0.15, 0.2) is 42.5 Å². The van der Waals surface area contributed by atoms with Crippen LogP contribution in [0.1, 0.15) is 17.5 Å². The molecule has 1 fully saturated rings. The highest BCUT2D eigenvalue weighted by Crippen LogP contribution is 2.32. The normalized spacial score (nSPS) is 16.5. The molecule has 8 heteroatoms. The number of hydrogen-bond acceptors (Lipinski definition) is 5. The van der Waals surface area contributed by atoms with Gasteiger partial charge in [0.05, 0.1) is 26.7 Å². The minimum atomic E-state index is -0.546. The van der Waals surface area contributed by atoms with Crippen LogP contribution in [0.4, 0.5) is 0 Å². The van der Waals surface area contributed by atoms with E-state index in [1.54, 1.807) is 14.2 Å². The van der Waals surface area contributed by atoms with Crippen LogP contribution in [0.3, 0.4) is 0 Å². The lowest BCUT2D eigenvalue weighted by Crippen LogP contribution is -2.56. The molecule has 0 saturated carbocycles. The molecule has 1 aliphatic heterocycles. The van der Waals surface area contributed by atoms with Crippen molar-refractivity contribution in [2.24, 2.45) is 0 Å². The van der Waals surface area contributed by atoms with Gasteiger partial charge in [-0.1, -0.05) is 35.9 Å². The van der Waals surface area contributed by atoms with Crippen LogP contribution < -0.4 is 20.1 Å². The van der Waals surface area contributed by atoms with E-state index in [-0.39, 0.29) is 18.2 Å². The van der Waals surface area contributed by atoms with Gasteiger partial charge in [-0.05, 0) is 30.2 Å². The molecule has 0 bridgehead atoms. The smallest absolute Gasteiger partial charge is 0.237 e. The van der Waals surface area contributed by atoms with Gasteiger partial charge >= 0.3 is 0 Å². The van der Waals surface area contributed by atoms with Gasteiger partial charge in [-0.2, -0.15) is 0 Å². The first-order valence-electron chi connectivity index (χ1n) is 10.2. The van der Waals surface area contributed by atoms with Gasteiger partial charge in [-0.15, -0.1) is 0 Å². The van der Waals surface area contributed by atoms with E-state index in [4.69, 9.17) is 21.1 Å². The molecule has 2 N–H and O–H groups in total. The Hall–Kier alpha value is -2.77. The molecule has 166 valence electrons. The number of carbonyl (C=O) groups is 2. The van der Waals surface area contributed by atoms with Crippen LogP contribution in [0, 0.1) is 0 Å². The Morgan fingerprint density at radius 3 is 2.77 bits per heavy atom. The van der Waals surface area contributed by atoms with Crippen LogP contribution in [0.2, 0.25) is 5.02 Å². The fraction of sp³-hybridized carbons (Fsp3) is 0.391. The van der Waals surface area contributed by atoms with Crippen molar-refractivity contribution >= 4 is 23.4 Å². The Morgan fingerprint density at radius 1 is 1.23 bits per heavy atom. The molecule has 31 heavy (non-hydrogen) atoms. The summed E-state index contributed by atoms with van der Waals surface area (Å²) < 4.78 is 10.9. The van der Waals surface area contributed by atoms with Crippen molar-refractivity contribution in [3.63, 3.8) is 0 Å². The number of hydrogen-bond donors (Lipinski definition) is 2. The maximum atomic E-state index is 12.5. The first-order valence-corrected chi connectivity index (χ1v) is 10.6. The number of methoxy groups -OCH3 is 2. The summed E-state index contributed by atoms with van der Waals surface area (Å²) in [5, 5.41) is 6.44. The van der Waals surface area contributed by atoms with Crippen molar-refractivity contribution in [1.29, 1.82) is 0 Å². The predicted octanol–water partition coefficient (Wildman–Crippen LogP) is 2.41. The van der Waals surface area contributed by atoms with Gasteiger partial charge in [-0.3, -0.25) is 14.5 Å². The van der Waals surface area contributed by atoms with Gasteiger partial charge in [0.2, 0.25) is 11.8 Å². The average molecular weight is 446 g/mol. The summed E-state index contributed by atoms with van der Waals surface area (Å²) in [6.07, 6.45) is 0.765. The summed E-state index contributed by atoms with van der Waals surface area (Å²) in [5.74, 6) is 0.974. The zero-order valence-corrected chi connectivity index (χ0v) is 18.6. The Bertz CT molecular complexity index is 921. The first kappa shape index (κ1) is 22.9. The molecule has 1 atom stereocenters.